The number of rotatable bonds is 5. The van der Waals surface area contributed by atoms with Crippen molar-refractivity contribution in [2.75, 3.05) is 124 Å². The first kappa shape index (κ1) is 127. The van der Waals surface area contributed by atoms with Crippen LogP contribution in [0.2, 0.25) is 0 Å². The Morgan fingerprint density at radius 3 is 1.28 bits per heavy atom. The summed E-state index contributed by atoms with van der Waals surface area (Å²) in [5.74, 6) is 0.850. The number of halogens is 3. The molecule has 0 spiro atoms. The molecule has 110 heavy (non-hydrogen) atoms. The number of hydrogen-bond acceptors (Lipinski definition) is 27. The zero-order chi connectivity index (χ0) is 84.2. The molecule has 10 N–H and O–H groups in total. The van der Waals surface area contributed by atoms with Gasteiger partial charge in [-0.3, -0.25) is 9.69 Å². The number of aliphatic hydroxyl groups is 6. The third-order valence-electron chi connectivity index (χ3n) is 11.4. The Balaban J connectivity index is -0.000000113. The Bertz CT molecular complexity index is 2290. The van der Waals surface area contributed by atoms with Crippen LogP contribution in [0.5, 0.6) is 0 Å². The summed E-state index contributed by atoms with van der Waals surface area (Å²) in [6.07, 6.45) is -2.51. The fourth-order valence-corrected chi connectivity index (χ4v) is 7.41. The predicted octanol–water partition coefficient (Wildman–Crippen LogP) is 7.47. The van der Waals surface area contributed by atoms with E-state index in [-0.39, 0.29) is 147 Å². The van der Waals surface area contributed by atoms with Gasteiger partial charge in [-0.15, -0.1) is 35.6 Å². The standard InChI is InChI=1S/C12H21NO3.C11H21NO4.C11H19NO4.C10H18O5.C8H17NO3.C6H13NO2.C5H10O.C4H6Cl2.C3H9NO.C2H6O.CH4O.CH4.B.ClH.Na.H/c1-9-6-13(7-10(2)15-8-9)11(14)16-12(3,4)5;2*1-8-5-12(6-9(13)7-15-8)10(14)16-11(2,3)4;1-9(2,3)14-7(11)13-8(12)15-10(4,5)6;1-6(10)5-9-7(11)12-8(2,3)4;1-5-2-7-3-6(8)4-9-5;1-5-3-2-4-6-5;1-4(2-5)3-6;1-3(5)2-4;1-2-3;1-2;;;;;/h10H,1,6-8H2,2-5H3;8-9,13H,5-7H2,1-4H3;8H,5-7H2,1-4H3;1-6H3;6,10H,5H2,1-4H3,(H,9,11);5-8H,2-4H2,1H3;5H,2-4H2,1H3;1-3H2;3,5H,2,4H2,1H3;3H,2H2,1H3;2H,1H3;1H4;;1H;;/q;;;;;;;;;;;;;;+1;-1. The number of carbonyl (C=O) groups is 7. The monoisotopic (exact) mass is 1660 g/mol. The Morgan fingerprint density at radius 1 is 0.591 bits per heavy atom. The second kappa shape index (κ2) is 68.6. The maximum atomic E-state index is 11.9. The smallest absolute Gasteiger partial charge is 1.00 e. The van der Waals surface area contributed by atoms with Gasteiger partial charge in [-0.1, -0.05) is 20.6 Å². The zero-order valence-electron chi connectivity index (χ0n) is 72.4. The van der Waals surface area contributed by atoms with E-state index in [1.165, 1.54) is 22.6 Å². The SMILES string of the molecule is C.C=C(CCl)CCl.C=C1COC(C)CN(C(=O)OC(C)(C)C)C1.CC(C)(C)OC(=O)OC(=O)OC(C)(C)C.CC(O)CN.CC(O)CNC(=O)OC(C)(C)C.CC1CCCO1.CC1CN(C(=O)OC(C)(C)C)CC(=O)CO1.CC1CN(C(=O)OC(C)(C)C)CC(O)CO1.CC1CNCC(O)CO1.CCO.CO.Cl.[B].[H-].[Na+]. The van der Waals surface area contributed by atoms with Gasteiger partial charge in [0.25, 0.3) is 0 Å². The third-order valence-corrected chi connectivity index (χ3v) is 12.2. The number of nitrogens with one attached hydrogen (secondary N) is 2. The van der Waals surface area contributed by atoms with E-state index in [1.54, 1.807) is 109 Å². The first-order valence-corrected chi connectivity index (χ1v) is 36.7. The normalized spacial score (nSPS) is 20.1. The Labute approximate surface area is 702 Å². The Morgan fingerprint density at radius 2 is 0.945 bits per heavy atom. The molecule has 36 heteroatoms. The van der Waals surface area contributed by atoms with Crippen molar-refractivity contribution in [3.63, 3.8) is 0 Å². The van der Waals surface area contributed by atoms with Crippen LogP contribution < -0.4 is 45.9 Å². The van der Waals surface area contributed by atoms with E-state index in [2.05, 4.69) is 35.5 Å². The molecule has 0 saturated carbocycles. The molecule has 9 atom stereocenters. The number of carbonyl (C=O) groups excluding carboxylic acids is 7. The van der Waals surface area contributed by atoms with Crippen molar-refractivity contribution in [3.8, 4) is 0 Å². The number of Topliss-reactive ketones (excluding diaryl/α,β-unsaturated/α-hetero) is 1. The molecular weight excluding hydrogens is 1510 g/mol. The molecule has 3 radical (unpaired) electrons. The number of allylic oxidation sites excluding steroid dienone is 1. The topological polar surface area (TPSA) is 411 Å². The van der Waals surface area contributed by atoms with E-state index in [0.717, 1.165) is 31.4 Å². The summed E-state index contributed by atoms with van der Waals surface area (Å²) in [7, 11) is 1.00. The number of amides is 4. The Kier molecular flexibility index (Phi) is 79.3. The number of ketones is 1. The maximum absolute atomic E-state index is 11.9. The van der Waals surface area contributed by atoms with E-state index in [4.69, 9.17) is 107 Å². The molecule has 9 unspecified atom stereocenters. The average molecular weight is 1660 g/mol. The van der Waals surface area contributed by atoms with Crippen LogP contribution in [-0.2, 0) is 61.6 Å². The van der Waals surface area contributed by atoms with Gasteiger partial charge < -0.3 is 115 Å². The van der Waals surface area contributed by atoms with Crippen LogP contribution in [0.3, 0.4) is 0 Å². The van der Waals surface area contributed by atoms with Gasteiger partial charge in [0.05, 0.1) is 107 Å². The molecule has 5 aliphatic rings. The quantitative estimate of drug-likeness (QED) is 0.0322. The predicted molar refractivity (Wildman–Crippen MR) is 431 cm³/mol. The van der Waals surface area contributed by atoms with E-state index in [0.29, 0.717) is 70.3 Å². The van der Waals surface area contributed by atoms with Crippen LogP contribution in [0.15, 0.2) is 24.3 Å². The van der Waals surface area contributed by atoms with E-state index < -0.39 is 76.4 Å². The number of hydrogen-bond donors (Lipinski definition) is 9. The van der Waals surface area contributed by atoms with E-state index in [9.17, 15) is 38.7 Å². The van der Waals surface area contributed by atoms with Gasteiger partial charge in [-0.25, -0.2) is 28.8 Å². The van der Waals surface area contributed by atoms with Gasteiger partial charge in [0.15, 0.2) is 5.78 Å². The molecule has 5 fully saturated rings. The summed E-state index contributed by atoms with van der Waals surface area (Å²) in [4.78, 5) is 84.2. The molecule has 5 heterocycles. The minimum Gasteiger partial charge on any atom is -1.00 e. The second-order valence-electron chi connectivity index (χ2n) is 30.9. The van der Waals surface area contributed by atoms with Crippen LogP contribution in [-0.4, -0.2) is 309 Å². The van der Waals surface area contributed by atoms with Crippen molar-refractivity contribution >= 4 is 86.5 Å². The van der Waals surface area contributed by atoms with Gasteiger partial charge in [0.1, 0.15) is 40.2 Å². The molecule has 0 aromatic rings. The van der Waals surface area contributed by atoms with E-state index in [1.807, 2.05) is 69.2 Å². The van der Waals surface area contributed by atoms with Gasteiger partial charge in [0, 0.05) is 73.2 Å². The zero-order valence-corrected chi connectivity index (χ0v) is 75.7. The minimum absolute atomic E-state index is 0. The first-order valence-electron chi connectivity index (χ1n) is 35.6. The summed E-state index contributed by atoms with van der Waals surface area (Å²) in [5, 5.41) is 55.7. The van der Waals surface area contributed by atoms with Crippen LogP contribution in [0.1, 0.15) is 202 Å². The summed E-state index contributed by atoms with van der Waals surface area (Å²) >= 11 is 10.5. The van der Waals surface area contributed by atoms with Crippen molar-refractivity contribution in [2.45, 2.75) is 289 Å². The van der Waals surface area contributed by atoms with Crippen molar-refractivity contribution in [3.05, 3.63) is 24.3 Å². The van der Waals surface area contributed by atoms with Crippen LogP contribution >= 0.6 is 35.6 Å². The van der Waals surface area contributed by atoms with Crippen molar-refractivity contribution in [1.82, 2.24) is 25.3 Å². The van der Waals surface area contributed by atoms with Crippen molar-refractivity contribution in [2.24, 2.45) is 5.73 Å². The second-order valence-corrected chi connectivity index (χ2v) is 31.4. The van der Waals surface area contributed by atoms with Gasteiger partial charge in [-0.2, -0.15) is 0 Å². The summed E-state index contributed by atoms with van der Waals surface area (Å²) in [5.41, 5.74) is 3.30. The third kappa shape index (κ3) is 91.6. The number of nitrogens with zero attached hydrogens (tertiary/aromatic N) is 3. The van der Waals surface area contributed by atoms with Crippen LogP contribution in [0.4, 0.5) is 28.8 Å². The molecule has 31 nitrogen and oxygen atoms in total. The number of alkyl carbamates (subject to hydrolysis) is 1. The van der Waals surface area contributed by atoms with Gasteiger partial charge in [0.2, 0.25) is 0 Å². The molecule has 0 aliphatic carbocycles. The van der Waals surface area contributed by atoms with Crippen LogP contribution in [0.25, 0.3) is 0 Å². The summed E-state index contributed by atoms with van der Waals surface area (Å²) in [6.45, 7) is 60.7. The molecule has 5 rings (SSSR count). The van der Waals surface area contributed by atoms with Crippen molar-refractivity contribution < 1.29 is 152 Å². The fourth-order valence-electron chi connectivity index (χ4n) is 7.13. The minimum atomic E-state index is -1.06. The number of alkyl halides is 2. The summed E-state index contributed by atoms with van der Waals surface area (Å²) < 4.78 is 60.9. The number of β-amino-alcohol motifs (C(OH)–C–C–N with tert-alkyl or cyclic N) is 2. The molecule has 5 saturated heterocycles. The molecule has 0 aromatic carbocycles. The average Bonchev–Trinajstić information content (AvgIpc) is 1.82. The molecule has 0 aromatic heterocycles. The first-order chi connectivity index (χ1) is 48.3. The fraction of sp³-hybridized carbons (Fsp3) is 0.851. The molecule has 4 amide bonds. The molecule has 5 aliphatic heterocycles. The number of nitrogens with two attached hydrogens (primary N) is 1. The van der Waals surface area contributed by atoms with Crippen LogP contribution in [0, 0.1) is 0 Å². The molecule has 651 valence electrons. The van der Waals surface area contributed by atoms with E-state index >= 15 is 0 Å². The largest absolute Gasteiger partial charge is 1.00 e. The maximum Gasteiger partial charge on any atom is 1.00 e. The van der Waals surface area contributed by atoms with Gasteiger partial charge >= 0.3 is 66.2 Å². The Hall–Kier alpha value is -3.62. The van der Waals surface area contributed by atoms with Crippen molar-refractivity contribution in [1.29, 1.82) is 0 Å². The molecule has 0 bridgehead atoms. The number of ether oxygens (including phenoxy) is 12. The summed E-state index contributed by atoms with van der Waals surface area (Å²) in [6, 6.07) is 0. The van der Waals surface area contributed by atoms with Gasteiger partial charge in [-0.05, 0) is 204 Å². The number of aliphatic hydroxyl groups excluding tert-OH is 6. The molecular formula is C74H150BCl3N6NaO25.